The summed E-state index contributed by atoms with van der Waals surface area (Å²) in [6.07, 6.45) is 0. The molecule has 0 bridgehead atoms. The Labute approximate surface area is 828 Å². The first kappa shape index (κ1) is 87.8. The summed E-state index contributed by atoms with van der Waals surface area (Å²) in [5.74, 6) is 0. The smallest absolute Gasteiger partial charge is 0.0603 e. The third kappa shape index (κ3) is 18.9. The van der Waals surface area contributed by atoms with E-state index in [1.54, 1.807) is 0 Å². The Balaban J connectivity index is 0.000000101. The molecule has 4 aromatic heterocycles. The van der Waals surface area contributed by atoms with Crippen molar-refractivity contribution in [2.45, 2.75) is 0 Å². The normalized spacial score (nSPS) is 11.1. The maximum atomic E-state index is 3.66. The molecule has 134 heavy (non-hydrogen) atoms. The number of rotatable bonds is 11. The van der Waals surface area contributed by atoms with Crippen molar-refractivity contribution in [3.8, 4) is 39.3 Å². The molecule has 25 aromatic rings. The highest BCUT2D eigenvalue weighted by Crippen LogP contribution is 2.44. The molecule has 12 heteroatoms. The van der Waals surface area contributed by atoms with Gasteiger partial charge in [-0.05, 0) is 267 Å². The zero-order valence-electron chi connectivity index (χ0n) is 72.4. The van der Waals surface area contributed by atoms with Crippen LogP contribution in [0.5, 0.6) is 0 Å². The van der Waals surface area contributed by atoms with Gasteiger partial charge in [0, 0.05) is 126 Å². The van der Waals surface area contributed by atoms with E-state index < -0.39 is 0 Å². The Morgan fingerprint density at radius 2 is 0.537 bits per heavy atom. The van der Waals surface area contributed by atoms with Crippen molar-refractivity contribution in [1.82, 2.24) is 18.7 Å². The molecule has 21 aromatic carbocycles. The van der Waals surface area contributed by atoms with Crippen molar-refractivity contribution in [2.24, 2.45) is 0 Å². The lowest BCUT2D eigenvalue weighted by molar-refractivity contribution is 1.18. The van der Waals surface area contributed by atoms with Crippen molar-refractivity contribution in [1.29, 1.82) is 0 Å². The first-order valence-corrected chi connectivity index (χ1v) is 49.0. The second-order valence-corrected chi connectivity index (χ2v) is 37.8. The Hall–Kier alpha value is -14.2. The van der Waals surface area contributed by atoms with Crippen LogP contribution in [0.4, 0.5) is 34.1 Å². The Bertz CT molecular complexity index is 8310. The summed E-state index contributed by atoms with van der Waals surface area (Å²) in [4.78, 5) is 7.87. The third-order valence-electron chi connectivity index (χ3n) is 24.0. The van der Waals surface area contributed by atoms with Crippen LogP contribution < -0.4 is 9.80 Å². The van der Waals surface area contributed by atoms with E-state index in [-0.39, 0.29) is 0 Å². The molecule has 0 saturated carbocycles. The molecule has 0 atom stereocenters. The Morgan fingerprint density at radius 3 is 1.05 bits per heavy atom. The summed E-state index contributed by atoms with van der Waals surface area (Å²) in [5.41, 5.74) is 25.1. The number of para-hydroxylation sites is 9. The number of aromatic amines is 1. The zero-order chi connectivity index (χ0) is 90.8. The van der Waals surface area contributed by atoms with Crippen LogP contribution >= 0.6 is 95.6 Å². The molecular formula is C122H84Br6N6. The summed E-state index contributed by atoms with van der Waals surface area (Å²) in [6.45, 7) is 0. The number of hydrogen-bond acceptors (Lipinski definition) is 2. The van der Waals surface area contributed by atoms with Crippen molar-refractivity contribution < 1.29 is 0 Å². The number of fused-ring (bicyclic) bond motifs is 14. The number of H-pyrrole nitrogens is 1. The van der Waals surface area contributed by atoms with E-state index in [0.717, 1.165) is 61.0 Å². The lowest BCUT2D eigenvalue weighted by Crippen LogP contribution is -2.10. The van der Waals surface area contributed by atoms with Crippen LogP contribution in [0.1, 0.15) is 0 Å². The summed E-state index contributed by atoms with van der Waals surface area (Å²) in [7, 11) is 0. The van der Waals surface area contributed by atoms with Gasteiger partial charge in [-0.2, -0.15) is 0 Å². The average Bonchev–Trinajstić information content (AvgIpc) is 1.59. The van der Waals surface area contributed by atoms with Gasteiger partial charge in [0.1, 0.15) is 0 Å². The number of aromatic nitrogens is 4. The minimum Gasteiger partial charge on any atom is -0.354 e. The molecule has 1 N–H and O–H groups in total. The minimum absolute atomic E-state index is 1.08. The average molecular weight is 2110 g/mol. The van der Waals surface area contributed by atoms with E-state index in [9.17, 15) is 0 Å². The summed E-state index contributed by atoms with van der Waals surface area (Å²) < 4.78 is 13.7. The van der Waals surface area contributed by atoms with Crippen LogP contribution in [0.3, 0.4) is 0 Å². The topological polar surface area (TPSA) is 37.1 Å². The van der Waals surface area contributed by atoms with E-state index >= 15 is 0 Å². The number of nitrogens with zero attached hydrogens (tertiary/aromatic N) is 5. The largest absolute Gasteiger partial charge is 0.354 e. The second kappa shape index (κ2) is 40.5. The molecule has 0 aliphatic heterocycles. The zero-order valence-corrected chi connectivity index (χ0v) is 81.9. The first-order valence-electron chi connectivity index (χ1n) is 44.2. The van der Waals surface area contributed by atoms with Crippen molar-refractivity contribution in [3.63, 3.8) is 0 Å². The molecule has 0 amide bonds. The van der Waals surface area contributed by atoms with Crippen LogP contribution in [-0.2, 0) is 0 Å². The second-order valence-electron chi connectivity index (χ2n) is 32.4. The number of benzene rings is 21. The molecule has 644 valence electrons. The monoisotopic (exact) mass is 2110 g/mol. The van der Waals surface area contributed by atoms with Gasteiger partial charge < -0.3 is 28.5 Å². The first-order chi connectivity index (χ1) is 66.0. The predicted octanol–water partition coefficient (Wildman–Crippen LogP) is 38.2. The fraction of sp³-hybridized carbons (Fsp3) is 0. The highest BCUT2D eigenvalue weighted by atomic mass is 79.9. The maximum absolute atomic E-state index is 3.66. The van der Waals surface area contributed by atoms with Crippen LogP contribution in [0, 0.1) is 0 Å². The molecule has 25 rings (SSSR count). The quantitative estimate of drug-likeness (QED) is 0.140. The van der Waals surface area contributed by atoms with E-state index in [1.165, 1.54) is 148 Å². The number of halogens is 6. The molecule has 0 fully saturated rings. The lowest BCUT2D eigenvalue weighted by Gasteiger charge is -2.26. The fourth-order valence-corrected chi connectivity index (χ4v) is 20.1. The molecule has 0 aliphatic rings. The molecule has 0 spiro atoms. The van der Waals surface area contributed by atoms with Gasteiger partial charge in [0.25, 0.3) is 0 Å². The molecule has 0 unspecified atom stereocenters. The van der Waals surface area contributed by atoms with Crippen LogP contribution in [0.25, 0.3) is 148 Å². The van der Waals surface area contributed by atoms with Gasteiger partial charge >= 0.3 is 0 Å². The molecule has 0 saturated heterocycles. The molecule has 6 nitrogen and oxygen atoms in total. The van der Waals surface area contributed by atoms with Gasteiger partial charge in [0.05, 0.1) is 44.5 Å². The molecule has 4 heterocycles. The van der Waals surface area contributed by atoms with Crippen LogP contribution in [-0.4, -0.2) is 18.7 Å². The van der Waals surface area contributed by atoms with Crippen LogP contribution in [0.2, 0.25) is 0 Å². The summed E-state index contributed by atoms with van der Waals surface area (Å²) >= 11 is 21.5. The minimum atomic E-state index is 1.08. The Morgan fingerprint density at radius 1 is 0.179 bits per heavy atom. The lowest BCUT2D eigenvalue weighted by atomic mass is 9.98. The standard InChI is InChI=1S/C30H20BrN.2C22H14BrN.2C18H14BrN.C12H8BrN/c31-25-15-16-30-28(20-25)27-13-7-8-14-29(27)32(30)26-18-23(21-9-3-1-4-10-21)17-24(19-26)22-11-5-2-6-12-22;23-16-12-13-22-19(14-16)18-9-3-4-10-21(18)24(22)20-11-5-7-15-6-1-2-8-17(15)20;23-17-10-12-22-20(14-17)19-7-3-4-8-21(19)24(22)18-11-9-15-5-1-2-6-16(15)13-18;19-17-13-7-8-14-18(17)20(15-9-3-1-4-10-15)16-11-5-2-6-12-16;19-15-11-13-18(14-12-15)20(16-7-3-1-4-8-16)17-9-5-2-6-10-17;13-8-5-6-10-9-3-1-2-4-11(9)14-12(10)7-8/h1-20H;2*1-14H;2*1-14H;1-7,14H. The van der Waals surface area contributed by atoms with Crippen molar-refractivity contribution in [3.05, 3.63) is 530 Å². The van der Waals surface area contributed by atoms with Crippen molar-refractivity contribution >= 4 is 238 Å². The SMILES string of the molecule is Brc1ccc(N(c2ccccc2)c2ccccc2)cc1.Brc1ccc2c(c1)[nH]c1ccccc12.Brc1ccc2c(c1)c1ccccc1n2-c1cc(-c2ccccc2)cc(-c2ccccc2)c1.Brc1ccc2c(c1)c1ccccc1n2-c1ccc2ccccc2c1.Brc1ccc2c(c1)c1ccccc1n2-c1cccc2ccccc12.Brc1ccccc1N(c1ccccc1)c1ccccc1. The highest BCUT2D eigenvalue weighted by molar-refractivity contribution is 9.11. The van der Waals surface area contributed by atoms with Gasteiger partial charge in [0.2, 0.25) is 0 Å². The van der Waals surface area contributed by atoms with Crippen molar-refractivity contribution in [2.75, 3.05) is 9.80 Å². The van der Waals surface area contributed by atoms with Gasteiger partial charge in [-0.25, -0.2) is 0 Å². The van der Waals surface area contributed by atoms with Gasteiger partial charge in [-0.3, -0.25) is 0 Å². The molecule has 0 radical (unpaired) electrons. The summed E-state index contributed by atoms with van der Waals surface area (Å²) in [5, 5.41) is 15.2. The number of nitrogens with one attached hydrogen (secondary N) is 1. The van der Waals surface area contributed by atoms with Gasteiger partial charge in [0.15, 0.2) is 0 Å². The molecule has 0 aliphatic carbocycles. The highest BCUT2D eigenvalue weighted by Gasteiger charge is 2.21. The third-order valence-corrected chi connectivity index (χ3v) is 27.2. The maximum Gasteiger partial charge on any atom is 0.0603 e. The van der Waals surface area contributed by atoms with E-state index in [0.29, 0.717) is 0 Å². The number of hydrogen-bond donors (Lipinski definition) is 1. The van der Waals surface area contributed by atoms with E-state index in [2.05, 4.69) is 591 Å². The van der Waals surface area contributed by atoms with Gasteiger partial charge in [-0.15, -0.1) is 0 Å². The summed E-state index contributed by atoms with van der Waals surface area (Å²) in [6, 6.07) is 177. The fourth-order valence-electron chi connectivity index (χ4n) is 17.9. The Kier molecular flexibility index (Phi) is 26.5. The van der Waals surface area contributed by atoms with E-state index in [1.807, 2.05) is 36.4 Å². The van der Waals surface area contributed by atoms with Gasteiger partial charge in [-0.1, -0.05) is 371 Å². The number of anilines is 6. The van der Waals surface area contributed by atoms with Crippen LogP contribution in [0.15, 0.2) is 530 Å². The molecular weight excluding hydrogens is 2030 g/mol. The predicted molar refractivity (Wildman–Crippen MR) is 592 cm³/mol. The van der Waals surface area contributed by atoms with E-state index in [4.69, 9.17) is 0 Å².